The molecule has 0 fully saturated rings. The van der Waals surface area contributed by atoms with Crippen molar-refractivity contribution >= 4 is 22.6 Å². The number of amides is 1. The van der Waals surface area contributed by atoms with Crippen LogP contribution in [0, 0.1) is 6.92 Å². The molecular formula is C17H16N4O. The fourth-order valence-electron chi connectivity index (χ4n) is 3.12. The molecule has 4 rings (SSSR count). The van der Waals surface area contributed by atoms with Crippen LogP contribution in [0.4, 0.5) is 5.69 Å². The molecule has 0 atom stereocenters. The maximum atomic E-state index is 12.7. The highest BCUT2D eigenvalue weighted by atomic mass is 16.2. The highest BCUT2D eigenvalue weighted by molar-refractivity contribution is 5.96. The molecule has 5 heteroatoms. The van der Waals surface area contributed by atoms with Gasteiger partial charge in [-0.05, 0) is 42.7 Å². The third-order valence-electron chi connectivity index (χ3n) is 4.27. The van der Waals surface area contributed by atoms with Crippen molar-refractivity contribution < 1.29 is 4.79 Å². The van der Waals surface area contributed by atoms with Crippen molar-refractivity contribution in [2.24, 2.45) is 0 Å². The van der Waals surface area contributed by atoms with Crippen LogP contribution in [0.15, 0.2) is 42.5 Å². The number of aryl methyl sites for hydroxylation is 1. The standard InChI is InChI=1S/C17H16N4O/c1-12-5-4-8-15-13(12)9-10-20(15)17(22)11-21-16-7-3-2-6-14(16)18-19-21/h2-8H,9-11H2,1H3. The van der Waals surface area contributed by atoms with E-state index < -0.39 is 0 Å². The summed E-state index contributed by atoms with van der Waals surface area (Å²) in [4.78, 5) is 14.5. The zero-order valence-electron chi connectivity index (χ0n) is 12.4. The molecule has 5 nitrogen and oxygen atoms in total. The van der Waals surface area contributed by atoms with Crippen molar-refractivity contribution in [2.45, 2.75) is 19.9 Å². The summed E-state index contributed by atoms with van der Waals surface area (Å²) >= 11 is 0. The lowest BCUT2D eigenvalue weighted by atomic mass is 10.1. The van der Waals surface area contributed by atoms with Gasteiger partial charge in [-0.15, -0.1) is 5.10 Å². The number of hydrogen-bond donors (Lipinski definition) is 0. The summed E-state index contributed by atoms with van der Waals surface area (Å²) in [5.41, 5.74) is 5.26. The number of rotatable bonds is 2. The van der Waals surface area contributed by atoms with Crippen molar-refractivity contribution in [3.8, 4) is 0 Å². The lowest BCUT2D eigenvalue weighted by molar-refractivity contribution is -0.119. The fourth-order valence-corrected chi connectivity index (χ4v) is 3.12. The Morgan fingerprint density at radius 2 is 2.05 bits per heavy atom. The summed E-state index contributed by atoms with van der Waals surface area (Å²) in [7, 11) is 0. The van der Waals surface area contributed by atoms with E-state index in [9.17, 15) is 4.79 Å². The van der Waals surface area contributed by atoms with Gasteiger partial charge in [0.2, 0.25) is 5.91 Å². The molecule has 0 saturated heterocycles. The average molecular weight is 292 g/mol. The molecule has 0 bridgehead atoms. The third kappa shape index (κ3) is 1.97. The molecule has 0 radical (unpaired) electrons. The Labute approximate surface area is 128 Å². The summed E-state index contributed by atoms with van der Waals surface area (Å²) in [6.07, 6.45) is 0.922. The highest BCUT2D eigenvalue weighted by Gasteiger charge is 2.26. The van der Waals surface area contributed by atoms with Gasteiger partial charge >= 0.3 is 0 Å². The van der Waals surface area contributed by atoms with Gasteiger partial charge < -0.3 is 4.90 Å². The molecule has 1 aliphatic heterocycles. The van der Waals surface area contributed by atoms with E-state index in [2.05, 4.69) is 23.3 Å². The quantitative estimate of drug-likeness (QED) is 0.728. The molecule has 0 aliphatic carbocycles. The van der Waals surface area contributed by atoms with Crippen LogP contribution in [0.5, 0.6) is 0 Å². The molecule has 0 unspecified atom stereocenters. The number of anilines is 1. The van der Waals surface area contributed by atoms with Crippen LogP contribution in [0.25, 0.3) is 11.0 Å². The van der Waals surface area contributed by atoms with E-state index in [1.54, 1.807) is 4.68 Å². The Morgan fingerprint density at radius 1 is 1.18 bits per heavy atom. The Hall–Kier alpha value is -2.69. The van der Waals surface area contributed by atoms with Crippen LogP contribution in [0.2, 0.25) is 0 Å². The SMILES string of the molecule is Cc1cccc2c1CCN2C(=O)Cn1nnc2ccccc21. The summed E-state index contributed by atoms with van der Waals surface area (Å²) < 4.78 is 1.67. The number of aromatic nitrogens is 3. The Balaban J connectivity index is 1.63. The monoisotopic (exact) mass is 292 g/mol. The van der Waals surface area contributed by atoms with Crippen molar-refractivity contribution in [2.75, 3.05) is 11.4 Å². The predicted molar refractivity (Wildman–Crippen MR) is 84.8 cm³/mol. The molecule has 0 spiro atoms. The van der Waals surface area contributed by atoms with Gasteiger partial charge in [0.25, 0.3) is 0 Å². The van der Waals surface area contributed by atoms with Gasteiger partial charge in [-0.2, -0.15) is 0 Å². The number of fused-ring (bicyclic) bond motifs is 2. The second kappa shape index (κ2) is 4.94. The molecular weight excluding hydrogens is 276 g/mol. The van der Waals surface area contributed by atoms with E-state index in [1.165, 1.54) is 11.1 Å². The smallest absolute Gasteiger partial charge is 0.248 e. The van der Waals surface area contributed by atoms with Crippen LogP contribution in [0.3, 0.4) is 0 Å². The number of nitrogens with zero attached hydrogens (tertiary/aromatic N) is 4. The van der Waals surface area contributed by atoms with Gasteiger partial charge in [0.1, 0.15) is 12.1 Å². The maximum absolute atomic E-state index is 12.7. The first kappa shape index (κ1) is 13.0. The fraction of sp³-hybridized carbons (Fsp3) is 0.235. The Morgan fingerprint density at radius 3 is 2.95 bits per heavy atom. The molecule has 1 aliphatic rings. The van der Waals surface area contributed by atoms with Gasteiger partial charge in [-0.1, -0.05) is 29.5 Å². The zero-order chi connectivity index (χ0) is 15.1. The first-order valence-corrected chi connectivity index (χ1v) is 7.41. The molecule has 2 heterocycles. The van der Waals surface area contributed by atoms with Crippen molar-refractivity contribution in [1.29, 1.82) is 0 Å². The van der Waals surface area contributed by atoms with Gasteiger partial charge in [0.05, 0.1) is 5.52 Å². The van der Waals surface area contributed by atoms with E-state index in [1.807, 2.05) is 41.3 Å². The van der Waals surface area contributed by atoms with Crippen LogP contribution >= 0.6 is 0 Å². The first-order chi connectivity index (χ1) is 10.7. The van der Waals surface area contributed by atoms with Crippen LogP contribution < -0.4 is 4.90 Å². The van der Waals surface area contributed by atoms with Gasteiger partial charge in [0, 0.05) is 12.2 Å². The van der Waals surface area contributed by atoms with E-state index in [0.717, 1.165) is 29.7 Å². The third-order valence-corrected chi connectivity index (χ3v) is 4.27. The van der Waals surface area contributed by atoms with Crippen LogP contribution in [-0.2, 0) is 17.8 Å². The zero-order valence-corrected chi connectivity index (χ0v) is 12.4. The van der Waals surface area contributed by atoms with Crippen LogP contribution in [-0.4, -0.2) is 27.4 Å². The average Bonchev–Trinajstić information content (AvgIpc) is 3.13. The minimum Gasteiger partial charge on any atom is -0.310 e. The Bertz CT molecular complexity index is 868. The van der Waals surface area contributed by atoms with Crippen molar-refractivity contribution in [3.63, 3.8) is 0 Å². The maximum Gasteiger partial charge on any atom is 0.248 e. The second-order valence-corrected chi connectivity index (χ2v) is 5.60. The number of carbonyl (C=O) groups is 1. The van der Waals surface area contributed by atoms with Gasteiger partial charge in [0.15, 0.2) is 0 Å². The molecule has 1 aromatic heterocycles. The second-order valence-electron chi connectivity index (χ2n) is 5.60. The lowest BCUT2D eigenvalue weighted by Gasteiger charge is -2.17. The minimum absolute atomic E-state index is 0.0556. The number of carbonyl (C=O) groups excluding carboxylic acids is 1. The molecule has 22 heavy (non-hydrogen) atoms. The van der Waals surface area contributed by atoms with Crippen molar-refractivity contribution in [3.05, 3.63) is 53.6 Å². The van der Waals surface area contributed by atoms with E-state index in [-0.39, 0.29) is 12.5 Å². The molecule has 0 N–H and O–H groups in total. The van der Waals surface area contributed by atoms with Gasteiger partial charge in [-0.25, -0.2) is 4.68 Å². The largest absolute Gasteiger partial charge is 0.310 e. The molecule has 0 saturated carbocycles. The summed E-state index contributed by atoms with van der Waals surface area (Å²) in [6, 6.07) is 13.8. The van der Waals surface area contributed by atoms with E-state index in [4.69, 9.17) is 0 Å². The number of para-hydroxylation sites is 1. The Kier molecular flexibility index (Phi) is 2.92. The van der Waals surface area contributed by atoms with E-state index in [0.29, 0.717) is 0 Å². The molecule has 1 amide bonds. The normalized spacial score (nSPS) is 13.6. The summed E-state index contributed by atoms with van der Waals surface area (Å²) in [6.45, 7) is 3.05. The van der Waals surface area contributed by atoms with Crippen LogP contribution in [0.1, 0.15) is 11.1 Å². The predicted octanol–water partition coefficient (Wildman–Crippen LogP) is 2.33. The topological polar surface area (TPSA) is 51.0 Å². The lowest BCUT2D eigenvalue weighted by Crippen LogP contribution is -2.32. The van der Waals surface area contributed by atoms with Crippen molar-refractivity contribution in [1.82, 2.24) is 15.0 Å². The molecule has 3 aromatic rings. The number of hydrogen-bond acceptors (Lipinski definition) is 3. The molecule has 2 aromatic carbocycles. The number of benzene rings is 2. The molecule has 110 valence electrons. The summed E-state index contributed by atoms with van der Waals surface area (Å²) in [5, 5.41) is 8.20. The van der Waals surface area contributed by atoms with E-state index >= 15 is 0 Å². The first-order valence-electron chi connectivity index (χ1n) is 7.41. The summed E-state index contributed by atoms with van der Waals surface area (Å²) in [5.74, 6) is 0.0556. The minimum atomic E-state index is 0.0556. The van der Waals surface area contributed by atoms with Gasteiger partial charge in [-0.3, -0.25) is 4.79 Å². The highest BCUT2D eigenvalue weighted by Crippen LogP contribution is 2.30.